The summed E-state index contributed by atoms with van der Waals surface area (Å²) >= 11 is 0. The molecule has 0 heterocycles. The number of carbonyl (C=O) groups is 1. The van der Waals surface area contributed by atoms with E-state index in [0.717, 1.165) is 56.1 Å². The van der Waals surface area contributed by atoms with Gasteiger partial charge in [-0.1, -0.05) is 20.8 Å². The van der Waals surface area contributed by atoms with Crippen LogP contribution in [0, 0.1) is 46.3 Å². The van der Waals surface area contributed by atoms with Crippen molar-refractivity contribution in [3.8, 4) is 0 Å². The highest BCUT2D eigenvalue weighted by molar-refractivity contribution is 5.66. The van der Waals surface area contributed by atoms with Crippen LogP contribution >= 0.6 is 0 Å². The third kappa shape index (κ3) is 7.24. The maximum absolute atomic E-state index is 11.0. The van der Waals surface area contributed by atoms with Crippen LogP contribution < -0.4 is 0 Å². The Balaban J connectivity index is 0.000000439. The Morgan fingerprint density at radius 1 is 0.917 bits per heavy atom. The molecule has 212 valence electrons. The van der Waals surface area contributed by atoms with E-state index in [2.05, 4.69) is 20.8 Å². The Hall–Kier alpha value is -0.690. The number of hydrogen-bond acceptors (Lipinski definition) is 5. The van der Waals surface area contributed by atoms with Crippen LogP contribution in [0.4, 0.5) is 0 Å². The lowest BCUT2D eigenvalue weighted by atomic mass is 9.44. The first-order valence-corrected chi connectivity index (χ1v) is 14.8. The van der Waals surface area contributed by atoms with Crippen LogP contribution in [0.2, 0.25) is 0 Å². The molecule has 4 aliphatic rings. The van der Waals surface area contributed by atoms with Crippen molar-refractivity contribution in [2.24, 2.45) is 46.3 Å². The number of aliphatic hydroxyl groups is 3. The van der Waals surface area contributed by atoms with Crippen LogP contribution in [0.5, 0.6) is 0 Å². The standard InChI is InChI=1S/C24H40O3.C4H10O.C2H6O2/c1-15(4-9-22(26)27)19-7-8-20-18-6-5-16-14-17(25)10-12-23(16,2)21(18)11-13-24(19,20)3;1-3-5-4-2;3-1-2-4/h15-21,25H,4-14H2,1-3H3,(H,26,27);3-4H2,1-2H3;3-4H,1-2H2/t15-,16-,17-,18+,19-,20+,21+,23+,24-;;/m1../s1. The molecule has 0 aromatic carbocycles. The maximum Gasteiger partial charge on any atom is 0.303 e. The lowest BCUT2D eigenvalue weighted by Gasteiger charge is -2.61. The Bertz CT molecular complexity index is 651. The van der Waals surface area contributed by atoms with Crippen molar-refractivity contribution in [1.82, 2.24) is 0 Å². The first-order chi connectivity index (χ1) is 17.1. The average Bonchev–Trinajstić information content (AvgIpc) is 3.21. The van der Waals surface area contributed by atoms with Gasteiger partial charge in [0.15, 0.2) is 0 Å². The van der Waals surface area contributed by atoms with E-state index < -0.39 is 5.97 Å². The number of carboxylic acids is 1. The fourth-order valence-corrected chi connectivity index (χ4v) is 8.97. The summed E-state index contributed by atoms with van der Waals surface area (Å²) in [5.41, 5.74) is 0.882. The van der Waals surface area contributed by atoms with Gasteiger partial charge in [-0.05, 0) is 124 Å². The zero-order valence-corrected chi connectivity index (χ0v) is 23.8. The molecule has 0 saturated heterocycles. The molecule has 6 nitrogen and oxygen atoms in total. The molecule has 4 aliphatic carbocycles. The third-order valence-electron chi connectivity index (χ3n) is 10.7. The summed E-state index contributed by atoms with van der Waals surface area (Å²) in [6, 6.07) is 0. The highest BCUT2D eigenvalue weighted by Gasteiger charge is 2.60. The number of aliphatic carboxylic acids is 1. The predicted molar refractivity (Wildman–Crippen MR) is 144 cm³/mol. The van der Waals surface area contributed by atoms with E-state index >= 15 is 0 Å². The van der Waals surface area contributed by atoms with E-state index in [1.54, 1.807) is 0 Å². The summed E-state index contributed by atoms with van der Waals surface area (Å²) in [6.45, 7) is 12.8. The fourth-order valence-electron chi connectivity index (χ4n) is 8.97. The summed E-state index contributed by atoms with van der Waals surface area (Å²) < 4.78 is 4.83. The van der Waals surface area contributed by atoms with Crippen LogP contribution in [0.25, 0.3) is 0 Å². The Morgan fingerprint density at radius 3 is 2.08 bits per heavy atom. The molecule has 9 atom stereocenters. The molecule has 0 spiro atoms. The molecule has 4 N–H and O–H groups in total. The van der Waals surface area contributed by atoms with Gasteiger partial charge >= 0.3 is 5.97 Å². The van der Waals surface area contributed by atoms with Crippen molar-refractivity contribution in [1.29, 1.82) is 0 Å². The fraction of sp³-hybridized carbons (Fsp3) is 0.967. The third-order valence-corrected chi connectivity index (χ3v) is 10.7. The molecule has 0 unspecified atom stereocenters. The largest absolute Gasteiger partial charge is 0.481 e. The van der Waals surface area contributed by atoms with Gasteiger partial charge in [-0.15, -0.1) is 0 Å². The van der Waals surface area contributed by atoms with E-state index in [4.69, 9.17) is 20.1 Å². The van der Waals surface area contributed by atoms with Crippen LogP contribution in [0.1, 0.15) is 105 Å². The van der Waals surface area contributed by atoms with E-state index in [0.29, 0.717) is 29.1 Å². The number of ether oxygens (including phenoxy) is 1. The smallest absolute Gasteiger partial charge is 0.303 e. The first-order valence-electron chi connectivity index (χ1n) is 14.8. The highest BCUT2D eigenvalue weighted by Crippen LogP contribution is 2.68. The minimum Gasteiger partial charge on any atom is -0.481 e. The average molecular weight is 513 g/mol. The molecule has 4 fully saturated rings. The number of rotatable bonds is 7. The molecule has 4 saturated carbocycles. The number of fused-ring (bicyclic) bond motifs is 5. The van der Waals surface area contributed by atoms with Crippen molar-refractivity contribution < 1.29 is 30.0 Å². The SMILES string of the molecule is CCOCC.C[C@H](CCC(=O)O)[C@H]1CC[C@H]2[C@@H]3CC[C@@H]4C[C@H](O)CC[C@]4(C)[C@H]3CC[C@]12C.OCCO. The summed E-state index contributed by atoms with van der Waals surface area (Å²) in [7, 11) is 0. The number of aliphatic hydroxyl groups excluding tert-OH is 3. The van der Waals surface area contributed by atoms with Crippen LogP contribution in [0.15, 0.2) is 0 Å². The topological polar surface area (TPSA) is 107 Å². The lowest BCUT2D eigenvalue weighted by Crippen LogP contribution is -2.54. The summed E-state index contributed by atoms with van der Waals surface area (Å²) in [5.74, 6) is 3.91. The molecule has 0 aromatic heterocycles. The summed E-state index contributed by atoms with van der Waals surface area (Å²) in [4.78, 5) is 11.0. The molecule has 36 heavy (non-hydrogen) atoms. The first kappa shape index (κ1) is 31.5. The van der Waals surface area contributed by atoms with Crippen LogP contribution in [0.3, 0.4) is 0 Å². The van der Waals surface area contributed by atoms with E-state index in [1.807, 2.05) is 13.8 Å². The van der Waals surface area contributed by atoms with E-state index in [-0.39, 0.29) is 19.3 Å². The molecule has 0 aliphatic heterocycles. The molecule has 0 bridgehead atoms. The van der Waals surface area contributed by atoms with Gasteiger partial charge in [0.1, 0.15) is 0 Å². The van der Waals surface area contributed by atoms with Gasteiger partial charge in [0.25, 0.3) is 0 Å². The molecular formula is C30H56O6. The van der Waals surface area contributed by atoms with E-state index in [9.17, 15) is 9.90 Å². The minimum absolute atomic E-state index is 0.0561. The van der Waals surface area contributed by atoms with Crippen LogP contribution in [-0.4, -0.2) is 58.9 Å². The molecule has 6 heteroatoms. The highest BCUT2D eigenvalue weighted by atomic mass is 16.5. The molecule has 4 rings (SSSR count). The van der Waals surface area contributed by atoms with Crippen LogP contribution in [-0.2, 0) is 9.53 Å². The second kappa shape index (κ2) is 14.5. The van der Waals surface area contributed by atoms with Gasteiger partial charge in [-0.3, -0.25) is 4.79 Å². The maximum atomic E-state index is 11.0. The van der Waals surface area contributed by atoms with Crippen molar-refractivity contribution in [3.63, 3.8) is 0 Å². The minimum atomic E-state index is -0.643. The van der Waals surface area contributed by atoms with Gasteiger partial charge in [0.2, 0.25) is 0 Å². The molecular weight excluding hydrogens is 456 g/mol. The van der Waals surface area contributed by atoms with Crippen molar-refractivity contribution in [2.45, 2.75) is 111 Å². The summed E-state index contributed by atoms with van der Waals surface area (Å²) in [6.07, 6.45) is 12.4. The lowest BCUT2D eigenvalue weighted by molar-refractivity contribution is -0.138. The Labute approximate surface area is 220 Å². The summed E-state index contributed by atoms with van der Waals surface area (Å²) in [5, 5.41) is 34.5. The zero-order chi connectivity index (χ0) is 26.9. The number of hydrogen-bond donors (Lipinski definition) is 4. The van der Waals surface area contributed by atoms with Gasteiger partial charge in [-0.25, -0.2) is 0 Å². The van der Waals surface area contributed by atoms with Gasteiger partial charge in [0, 0.05) is 19.6 Å². The normalized spacial score (nSPS) is 39.8. The monoisotopic (exact) mass is 512 g/mol. The second-order valence-electron chi connectivity index (χ2n) is 12.5. The molecule has 0 amide bonds. The number of carboxylic acid groups (broad SMARTS) is 1. The van der Waals surface area contributed by atoms with Gasteiger partial charge in [0.05, 0.1) is 19.3 Å². The zero-order valence-electron chi connectivity index (χ0n) is 23.8. The molecule has 0 radical (unpaired) electrons. The Morgan fingerprint density at radius 2 is 1.53 bits per heavy atom. The van der Waals surface area contributed by atoms with Crippen molar-refractivity contribution >= 4 is 5.97 Å². The van der Waals surface area contributed by atoms with Gasteiger partial charge < -0.3 is 25.2 Å². The van der Waals surface area contributed by atoms with Crippen molar-refractivity contribution in [2.75, 3.05) is 26.4 Å². The van der Waals surface area contributed by atoms with Gasteiger partial charge in [-0.2, -0.15) is 0 Å². The predicted octanol–water partition coefficient (Wildman–Crippen LogP) is 5.52. The second-order valence-corrected chi connectivity index (χ2v) is 12.5. The molecule has 0 aromatic rings. The van der Waals surface area contributed by atoms with E-state index in [1.165, 1.54) is 44.9 Å². The Kier molecular flexibility index (Phi) is 12.7. The van der Waals surface area contributed by atoms with Crippen molar-refractivity contribution in [3.05, 3.63) is 0 Å². The quantitative estimate of drug-likeness (QED) is 0.358.